The molecule has 1 aliphatic rings. The number of sulfonamides is 1. The summed E-state index contributed by atoms with van der Waals surface area (Å²) in [4.78, 5) is 4.33. The molecule has 1 heterocycles. The zero-order valence-electron chi connectivity index (χ0n) is 15.2. The van der Waals surface area contributed by atoms with Gasteiger partial charge in [0.05, 0.1) is 5.25 Å². The molecule has 8 heteroatoms. The van der Waals surface area contributed by atoms with Crippen LogP contribution < -0.4 is 10.0 Å². The second-order valence-electron chi connectivity index (χ2n) is 7.11. The van der Waals surface area contributed by atoms with Crippen LogP contribution in [0.5, 0.6) is 0 Å². The second-order valence-corrected chi connectivity index (χ2v) is 9.29. The molecule has 0 saturated heterocycles. The van der Waals surface area contributed by atoms with Crippen molar-refractivity contribution < 1.29 is 17.2 Å². The van der Waals surface area contributed by atoms with Crippen LogP contribution in [0, 0.1) is 11.7 Å². The second kappa shape index (κ2) is 7.92. The summed E-state index contributed by atoms with van der Waals surface area (Å²) in [5.41, 5.74) is 1.06. The Hall–Kier alpha value is -1.67. The highest BCUT2D eigenvalue weighted by Crippen LogP contribution is 2.27. The lowest BCUT2D eigenvalue weighted by molar-refractivity contribution is 0.334. The van der Waals surface area contributed by atoms with Crippen LogP contribution in [-0.2, 0) is 10.0 Å². The van der Waals surface area contributed by atoms with Gasteiger partial charge in [-0.3, -0.25) is 0 Å². The number of benzene rings is 1. The third-order valence-corrected chi connectivity index (χ3v) is 7.16. The maximum absolute atomic E-state index is 13.2. The molecule has 0 spiro atoms. The number of anilines is 1. The largest absolute Gasteiger partial charge is 0.423 e. The predicted octanol–water partition coefficient (Wildman–Crippen LogP) is 3.66. The molecule has 6 nitrogen and oxygen atoms in total. The first-order valence-electron chi connectivity index (χ1n) is 9.18. The molecule has 0 amide bonds. The quantitative estimate of drug-likeness (QED) is 0.762. The Kier molecular flexibility index (Phi) is 5.82. The summed E-state index contributed by atoms with van der Waals surface area (Å²) < 4.78 is 45.6. The standard InChI is InChI=1S/C18H26FN3O3S/c1-3-12(2)26(23,24)20-11-13-4-7-15(8-5-13)21-18-22-16-9-6-14(19)10-17(16)25-18/h6,9-10,12-13,15,20H,3-5,7-8,11H2,1-2H3,(H,21,22)/t12?,13-,15-. The van der Waals surface area contributed by atoms with E-state index in [1.807, 2.05) is 6.92 Å². The molecular weight excluding hydrogens is 357 g/mol. The van der Waals surface area contributed by atoms with Gasteiger partial charge in [-0.15, -0.1) is 0 Å². The van der Waals surface area contributed by atoms with Crippen molar-refractivity contribution in [3.05, 3.63) is 24.0 Å². The Bertz CT molecular complexity index is 844. The number of nitrogens with one attached hydrogen (secondary N) is 2. The van der Waals surface area contributed by atoms with Gasteiger partial charge in [-0.2, -0.15) is 4.98 Å². The molecule has 1 fully saturated rings. The van der Waals surface area contributed by atoms with Crippen LogP contribution >= 0.6 is 0 Å². The minimum absolute atomic E-state index is 0.232. The number of nitrogens with zero attached hydrogens (tertiary/aromatic N) is 1. The summed E-state index contributed by atoms with van der Waals surface area (Å²) in [6.07, 6.45) is 4.33. The zero-order chi connectivity index (χ0) is 18.7. The number of hydrogen-bond donors (Lipinski definition) is 2. The number of oxazole rings is 1. The monoisotopic (exact) mass is 383 g/mol. The van der Waals surface area contributed by atoms with Crippen LogP contribution in [0.3, 0.4) is 0 Å². The van der Waals surface area contributed by atoms with E-state index < -0.39 is 10.0 Å². The molecule has 2 aromatic rings. The van der Waals surface area contributed by atoms with Crippen LogP contribution in [0.15, 0.2) is 22.6 Å². The molecule has 1 aromatic carbocycles. The molecular formula is C18H26FN3O3S. The lowest BCUT2D eigenvalue weighted by atomic mass is 9.86. The van der Waals surface area contributed by atoms with Gasteiger partial charge in [0, 0.05) is 18.7 Å². The normalized spacial score (nSPS) is 22.4. The summed E-state index contributed by atoms with van der Waals surface area (Å²) in [7, 11) is -3.21. The number of hydrogen-bond acceptors (Lipinski definition) is 5. The van der Waals surface area contributed by atoms with Crippen LogP contribution in [0.2, 0.25) is 0 Å². The van der Waals surface area contributed by atoms with Gasteiger partial charge in [0.15, 0.2) is 5.58 Å². The summed E-state index contributed by atoms with van der Waals surface area (Å²) >= 11 is 0. The molecule has 26 heavy (non-hydrogen) atoms. The van der Waals surface area contributed by atoms with Gasteiger partial charge >= 0.3 is 0 Å². The van der Waals surface area contributed by atoms with E-state index in [9.17, 15) is 12.8 Å². The van der Waals surface area contributed by atoms with E-state index in [0.29, 0.717) is 36.0 Å². The molecule has 1 aromatic heterocycles. The Balaban J connectivity index is 1.49. The molecule has 144 valence electrons. The first-order chi connectivity index (χ1) is 12.4. The first-order valence-corrected chi connectivity index (χ1v) is 10.7. The highest BCUT2D eigenvalue weighted by atomic mass is 32.2. The third kappa shape index (κ3) is 4.54. The fourth-order valence-electron chi connectivity index (χ4n) is 3.24. The van der Waals surface area contributed by atoms with Crippen molar-refractivity contribution in [2.24, 2.45) is 5.92 Å². The van der Waals surface area contributed by atoms with E-state index in [1.54, 1.807) is 13.0 Å². The van der Waals surface area contributed by atoms with E-state index in [-0.39, 0.29) is 17.1 Å². The van der Waals surface area contributed by atoms with Gasteiger partial charge in [-0.1, -0.05) is 6.92 Å². The van der Waals surface area contributed by atoms with Crippen molar-refractivity contribution in [3.63, 3.8) is 0 Å². The van der Waals surface area contributed by atoms with Gasteiger partial charge in [0.1, 0.15) is 11.3 Å². The smallest absolute Gasteiger partial charge is 0.295 e. The predicted molar refractivity (Wildman–Crippen MR) is 100 cm³/mol. The average molecular weight is 383 g/mol. The van der Waals surface area contributed by atoms with E-state index >= 15 is 0 Å². The van der Waals surface area contributed by atoms with Crippen LogP contribution in [0.25, 0.3) is 11.1 Å². The highest BCUT2D eigenvalue weighted by Gasteiger charge is 2.25. The zero-order valence-corrected chi connectivity index (χ0v) is 16.0. The van der Waals surface area contributed by atoms with E-state index in [2.05, 4.69) is 15.0 Å². The van der Waals surface area contributed by atoms with Crippen molar-refractivity contribution in [2.75, 3.05) is 11.9 Å². The molecule has 0 radical (unpaired) electrons. The first kappa shape index (κ1) is 19.1. The Morgan fingerprint density at radius 2 is 2.04 bits per heavy atom. The Morgan fingerprint density at radius 3 is 2.73 bits per heavy atom. The van der Waals surface area contributed by atoms with Gasteiger partial charge in [0.2, 0.25) is 10.0 Å². The summed E-state index contributed by atoms with van der Waals surface area (Å²) in [6, 6.07) is 4.93. The molecule has 0 bridgehead atoms. The van der Waals surface area contributed by atoms with Gasteiger partial charge in [-0.25, -0.2) is 17.5 Å². The van der Waals surface area contributed by atoms with E-state index in [0.717, 1.165) is 25.7 Å². The van der Waals surface area contributed by atoms with Gasteiger partial charge in [0.25, 0.3) is 6.01 Å². The highest BCUT2D eigenvalue weighted by molar-refractivity contribution is 7.90. The number of halogens is 1. The van der Waals surface area contributed by atoms with Crippen LogP contribution in [0.4, 0.5) is 10.4 Å². The molecule has 0 aliphatic heterocycles. The van der Waals surface area contributed by atoms with Crippen LogP contribution in [0.1, 0.15) is 46.0 Å². The summed E-state index contributed by atoms with van der Waals surface area (Å²) in [6.45, 7) is 4.11. The van der Waals surface area contributed by atoms with Crippen molar-refractivity contribution in [2.45, 2.75) is 57.2 Å². The molecule has 1 saturated carbocycles. The lowest BCUT2D eigenvalue weighted by Crippen LogP contribution is -2.37. The van der Waals surface area contributed by atoms with E-state index in [4.69, 9.17) is 4.42 Å². The van der Waals surface area contributed by atoms with Gasteiger partial charge < -0.3 is 9.73 Å². The molecule has 1 atom stereocenters. The number of fused-ring (bicyclic) bond motifs is 1. The molecule has 1 unspecified atom stereocenters. The molecule has 3 rings (SSSR count). The lowest BCUT2D eigenvalue weighted by Gasteiger charge is -2.29. The Labute approximate surface area is 153 Å². The summed E-state index contributed by atoms with van der Waals surface area (Å²) in [5.74, 6) is 0.00478. The molecule has 2 N–H and O–H groups in total. The van der Waals surface area contributed by atoms with Crippen LogP contribution in [-0.4, -0.2) is 31.2 Å². The summed E-state index contributed by atoms with van der Waals surface area (Å²) in [5, 5.41) is 2.91. The fraction of sp³-hybridized carbons (Fsp3) is 0.611. The van der Waals surface area contributed by atoms with Crippen molar-refractivity contribution in [1.29, 1.82) is 0 Å². The minimum Gasteiger partial charge on any atom is -0.423 e. The number of aromatic nitrogens is 1. The average Bonchev–Trinajstić information content (AvgIpc) is 3.01. The van der Waals surface area contributed by atoms with Crippen molar-refractivity contribution >= 4 is 27.1 Å². The van der Waals surface area contributed by atoms with E-state index in [1.165, 1.54) is 12.1 Å². The SMILES string of the molecule is CCC(C)S(=O)(=O)NC[C@H]1CC[C@H](Nc2nc3ccc(F)cc3o2)CC1. The maximum Gasteiger partial charge on any atom is 0.295 e. The minimum atomic E-state index is -3.21. The fourth-order valence-corrected chi connectivity index (χ4v) is 4.43. The Morgan fingerprint density at radius 1 is 1.31 bits per heavy atom. The van der Waals surface area contributed by atoms with Crippen molar-refractivity contribution in [1.82, 2.24) is 9.71 Å². The topological polar surface area (TPSA) is 84.2 Å². The third-order valence-electron chi connectivity index (χ3n) is 5.20. The number of rotatable bonds is 7. The maximum atomic E-state index is 13.2. The molecule has 1 aliphatic carbocycles. The van der Waals surface area contributed by atoms with Gasteiger partial charge in [-0.05, 0) is 57.1 Å². The van der Waals surface area contributed by atoms with Crippen molar-refractivity contribution in [3.8, 4) is 0 Å².